The molecule has 1 aliphatic carbocycles. The van der Waals surface area contributed by atoms with Gasteiger partial charge in [-0.3, -0.25) is 0 Å². The lowest BCUT2D eigenvalue weighted by Gasteiger charge is -2.32. The summed E-state index contributed by atoms with van der Waals surface area (Å²) in [5, 5.41) is 0. The molecule has 0 aromatic rings. The monoisotopic (exact) mass is 238 g/mol. The van der Waals surface area contributed by atoms with Crippen molar-refractivity contribution >= 4 is 0 Å². The Kier molecular flexibility index (Phi) is 6.59. The summed E-state index contributed by atoms with van der Waals surface area (Å²) in [6.45, 7) is 12.1. The van der Waals surface area contributed by atoms with E-state index in [1.807, 2.05) is 0 Å². The molecule has 1 rings (SSSR count). The smallest absolute Gasteiger partial charge is 0.0363 e. The molecule has 0 N–H and O–H groups in total. The molecule has 1 saturated carbocycles. The normalized spacial score (nSPS) is 21.5. The standard InChI is InChI=1S/C17H34/c1-6-8-17(13(2)3)15(5)14(4)9-7-10-16-11-12-16/h13-17H,6-12H2,1-5H3. The summed E-state index contributed by atoms with van der Waals surface area (Å²) < 4.78 is 0. The van der Waals surface area contributed by atoms with Gasteiger partial charge in [-0.15, -0.1) is 0 Å². The van der Waals surface area contributed by atoms with Crippen molar-refractivity contribution in [3.63, 3.8) is 0 Å². The zero-order chi connectivity index (χ0) is 12.8. The summed E-state index contributed by atoms with van der Waals surface area (Å²) in [5.41, 5.74) is 0. The zero-order valence-electron chi connectivity index (χ0n) is 12.8. The van der Waals surface area contributed by atoms with E-state index in [-0.39, 0.29) is 0 Å². The van der Waals surface area contributed by atoms with E-state index < -0.39 is 0 Å². The second-order valence-electron chi connectivity index (χ2n) is 6.91. The maximum atomic E-state index is 2.50. The zero-order valence-corrected chi connectivity index (χ0v) is 12.8. The largest absolute Gasteiger partial charge is 0.0654 e. The van der Waals surface area contributed by atoms with E-state index >= 15 is 0 Å². The van der Waals surface area contributed by atoms with Crippen LogP contribution in [0.2, 0.25) is 0 Å². The molecule has 0 amide bonds. The first-order chi connectivity index (χ1) is 8.06. The minimum atomic E-state index is 0.857. The van der Waals surface area contributed by atoms with Crippen LogP contribution in [0.5, 0.6) is 0 Å². The average molecular weight is 238 g/mol. The topological polar surface area (TPSA) is 0 Å². The van der Waals surface area contributed by atoms with E-state index in [1.54, 1.807) is 0 Å². The van der Waals surface area contributed by atoms with E-state index in [2.05, 4.69) is 34.6 Å². The summed E-state index contributed by atoms with van der Waals surface area (Å²) in [5.74, 6) is 4.75. The fourth-order valence-electron chi connectivity index (χ4n) is 3.36. The van der Waals surface area contributed by atoms with Crippen LogP contribution in [0.1, 0.15) is 79.6 Å². The second kappa shape index (κ2) is 7.44. The Labute approximate surface area is 110 Å². The number of hydrogen-bond donors (Lipinski definition) is 0. The molecule has 0 heterocycles. The average Bonchev–Trinajstić information content (AvgIpc) is 3.08. The Bertz CT molecular complexity index is 190. The highest BCUT2D eigenvalue weighted by molar-refractivity contribution is 4.76. The minimum Gasteiger partial charge on any atom is -0.0654 e. The van der Waals surface area contributed by atoms with Gasteiger partial charge in [0, 0.05) is 0 Å². The Morgan fingerprint density at radius 3 is 2.12 bits per heavy atom. The van der Waals surface area contributed by atoms with Crippen molar-refractivity contribution in [1.29, 1.82) is 0 Å². The third kappa shape index (κ3) is 5.44. The van der Waals surface area contributed by atoms with Crippen LogP contribution in [0.4, 0.5) is 0 Å². The molecular formula is C17H34. The third-order valence-corrected chi connectivity index (χ3v) is 5.02. The van der Waals surface area contributed by atoms with Crippen LogP contribution in [-0.4, -0.2) is 0 Å². The molecule has 0 aromatic heterocycles. The molecule has 102 valence electrons. The SMILES string of the molecule is CCCC(C(C)C)C(C)C(C)CCCC1CC1. The van der Waals surface area contributed by atoms with Crippen molar-refractivity contribution in [2.75, 3.05) is 0 Å². The van der Waals surface area contributed by atoms with Crippen molar-refractivity contribution in [1.82, 2.24) is 0 Å². The lowest BCUT2D eigenvalue weighted by Crippen LogP contribution is -2.23. The van der Waals surface area contributed by atoms with Crippen LogP contribution in [0.15, 0.2) is 0 Å². The van der Waals surface area contributed by atoms with Crippen LogP contribution >= 0.6 is 0 Å². The molecular weight excluding hydrogens is 204 g/mol. The molecule has 0 saturated heterocycles. The van der Waals surface area contributed by atoms with E-state index in [4.69, 9.17) is 0 Å². The van der Waals surface area contributed by atoms with Gasteiger partial charge in [0.25, 0.3) is 0 Å². The maximum absolute atomic E-state index is 2.50. The molecule has 1 aliphatic rings. The summed E-state index contributed by atoms with van der Waals surface area (Å²) in [4.78, 5) is 0. The number of rotatable bonds is 9. The van der Waals surface area contributed by atoms with Gasteiger partial charge in [-0.1, -0.05) is 79.6 Å². The molecule has 0 heteroatoms. The molecule has 0 aromatic carbocycles. The lowest BCUT2D eigenvalue weighted by molar-refractivity contribution is 0.181. The number of hydrogen-bond acceptors (Lipinski definition) is 0. The van der Waals surface area contributed by atoms with Gasteiger partial charge in [0.1, 0.15) is 0 Å². The Morgan fingerprint density at radius 2 is 1.65 bits per heavy atom. The fourth-order valence-corrected chi connectivity index (χ4v) is 3.36. The quantitative estimate of drug-likeness (QED) is 0.468. The van der Waals surface area contributed by atoms with Gasteiger partial charge >= 0.3 is 0 Å². The molecule has 0 spiro atoms. The highest BCUT2D eigenvalue weighted by Crippen LogP contribution is 2.37. The molecule has 1 fully saturated rings. The Morgan fingerprint density at radius 1 is 1.00 bits per heavy atom. The first-order valence-corrected chi connectivity index (χ1v) is 8.06. The van der Waals surface area contributed by atoms with Gasteiger partial charge in [0.05, 0.1) is 0 Å². The van der Waals surface area contributed by atoms with Crippen molar-refractivity contribution in [2.45, 2.75) is 79.6 Å². The Balaban J connectivity index is 2.27. The van der Waals surface area contributed by atoms with Crippen LogP contribution in [-0.2, 0) is 0 Å². The van der Waals surface area contributed by atoms with Crippen molar-refractivity contribution in [2.24, 2.45) is 29.6 Å². The van der Waals surface area contributed by atoms with E-state index in [1.165, 1.54) is 44.9 Å². The summed E-state index contributed by atoms with van der Waals surface area (Å²) in [7, 11) is 0. The van der Waals surface area contributed by atoms with Crippen LogP contribution in [0, 0.1) is 29.6 Å². The molecule has 0 nitrogen and oxygen atoms in total. The van der Waals surface area contributed by atoms with Gasteiger partial charge in [-0.25, -0.2) is 0 Å². The predicted octanol–water partition coefficient (Wildman–Crippen LogP) is 5.91. The van der Waals surface area contributed by atoms with Gasteiger partial charge < -0.3 is 0 Å². The second-order valence-corrected chi connectivity index (χ2v) is 6.91. The highest BCUT2D eigenvalue weighted by atomic mass is 14.3. The van der Waals surface area contributed by atoms with Crippen molar-refractivity contribution < 1.29 is 0 Å². The fraction of sp³-hybridized carbons (Fsp3) is 1.00. The van der Waals surface area contributed by atoms with E-state index in [0.29, 0.717) is 0 Å². The maximum Gasteiger partial charge on any atom is -0.0363 e. The van der Waals surface area contributed by atoms with E-state index in [0.717, 1.165) is 29.6 Å². The van der Waals surface area contributed by atoms with Gasteiger partial charge in [-0.05, 0) is 29.6 Å². The van der Waals surface area contributed by atoms with Crippen LogP contribution < -0.4 is 0 Å². The van der Waals surface area contributed by atoms with E-state index in [9.17, 15) is 0 Å². The molecule has 0 bridgehead atoms. The highest BCUT2D eigenvalue weighted by Gasteiger charge is 2.25. The summed E-state index contributed by atoms with van der Waals surface area (Å²) in [6, 6.07) is 0. The minimum absolute atomic E-state index is 0.857. The third-order valence-electron chi connectivity index (χ3n) is 5.02. The van der Waals surface area contributed by atoms with Gasteiger partial charge in [0.2, 0.25) is 0 Å². The molecule has 3 atom stereocenters. The summed E-state index contributed by atoms with van der Waals surface area (Å²) in [6.07, 6.45) is 10.3. The van der Waals surface area contributed by atoms with Crippen molar-refractivity contribution in [3.8, 4) is 0 Å². The Hall–Kier alpha value is 0. The van der Waals surface area contributed by atoms with Gasteiger partial charge in [-0.2, -0.15) is 0 Å². The van der Waals surface area contributed by atoms with Crippen LogP contribution in [0.3, 0.4) is 0 Å². The lowest BCUT2D eigenvalue weighted by atomic mass is 9.74. The molecule has 0 aliphatic heterocycles. The first kappa shape index (κ1) is 15.1. The molecule has 0 radical (unpaired) electrons. The first-order valence-electron chi connectivity index (χ1n) is 8.06. The van der Waals surface area contributed by atoms with Gasteiger partial charge in [0.15, 0.2) is 0 Å². The predicted molar refractivity (Wildman–Crippen MR) is 78.1 cm³/mol. The molecule has 17 heavy (non-hydrogen) atoms. The molecule has 3 unspecified atom stereocenters. The van der Waals surface area contributed by atoms with Crippen LogP contribution in [0.25, 0.3) is 0 Å². The van der Waals surface area contributed by atoms with Crippen molar-refractivity contribution in [3.05, 3.63) is 0 Å². The summed E-state index contributed by atoms with van der Waals surface area (Å²) >= 11 is 0.